The van der Waals surface area contributed by atoms with Crippen molar-refractivity contribution in [2.45, 2.75) is 19.9 Å². The Kier molecular flexibility index (Phi) is 9.59. The highest BCUT2D eigenvalue weighted by atomic mass is 35.5. The minimum atomic E-state index is 0. The van der Waals surface area contributed by atoms with E-state index in [4.69, 9.17) is 9.47 Å². The highest BCUT2D eigenvalue weighted by Crippen LogP contribution is 2.27. The van der Waals surface area contributed by atoms with Gasteiger partial charge in [0.1, 0.15) is 0 Å². The molecule has 1 aromatic rings. The summed E-state index contributed by atoms with van der Waals surface area (Å²) in [4.78, 5) is 11.5. The van der Waals surface area contributed by atoms with Gasteiger partial charge in [-0.2, -0.15) is 0 Å². The van der Waals surface area contributed by atoms with Crippen molar-refractivity contribution < 1.29 is 14.3 Å². The van der Waals surface area contributed by atoms with Crippen molar-refractivity contribution in [2.24, 2.45) is 0 Å². The summed E-state index contributed by atoms with van der Waals surface area (Å²) < 4.78 is 10.7. The van der Waals surface area contributed by atoms with Crippen LogP contribution in [0.25, 0.3) is 0 Å². The van der Waals surface area contributed by atoms with Gasteiger partial charge in [0.2, 0.25) is 5.91 Å². The molecular weight excluding hydrogens is 280 g/mol. The maximum Gasteiger partial charge on any atom is 0.221 e. The van der Waals surface area contributed by atoms with Gasteiger partial charge in [0.25, 0.3) is 0 Å². The predicted molar refractivity (Wildman–Crippen MR) is 81.8 cm³/mol. The average molecular weight is 303 g/mol. The molecule has 0 aliphatic heterocycles. The molecule has 0 aliphatic rings. The number of rotatable bonds is 8. The Balaban J connectivity index is 0.00000361. The topological polar surface area (TPSA) is 59.6 Å². The molecular formula is C14H23ClN2O3. The van der Waals surface area contributed by atoms with Crippen molar-refractivity contribution in [2.75, 3.05) is 27.3 Å². The van der Waals surface area contributed by atoms with Crippen LogP contribution in [-0.2, 0) is 11.3 Å². The first-order valence-corrected chi connectivity index (χ1v) is 6.42. The molecule has 5 nitrogen and oxygen atoms in total. The van der Waals surface area contributed by atoms with Gasteiger partial charge in [0.05, 0.1) is 13.7 Å². The smallest absolute Gasteiger partial charge is 0.221 e. The lowest BCUT2D eigenvalue weighted by atomic mass is 10.2. The van der Waals surface area contributed by atoms with Gasteiger partial charge in [-0.3, -0.25) is 4.79 Å². The third-order valence-electron chi connectivity index (χ3n) is 2.62. The molecule has 0 aliphatic carbocycles. The molecule has 0 saturated heterocycles. The van der Waals surface area contributed by atoms with Gasteiger partial charge in [0.15, 0.2) is 11.5 Å². The maximum atomic E-state index is 11.5. The number of halogens is 1. The highest BCUT2D eigenvalue weighted by Gasteiger charge is 2.06. The Morgan fingerprint density at radius 2 is 2.05 bits per heavy atom. The van der Waals surface area contributed by atoms with Gasteiger partial charge in [-0.15, -0.1) is 12.4 Å². The Morgan fingerprint density at radius 3 is 2.65 bits per heavy atom. The van der Waals surface area contributed by atoms with E-state index in [2.05, 4.69) is 10.6 Å². The van der Waals surface area contributed by atoms with Crippen LogP contribution in [0.2, 0.25) is 0 Å². The van der Waals surface area contributed by atoms with Crippen LogP contribution < -0.4 is 20.1 Å². The van der Waals surface area contributed by atoms with Crippen LogP contribution in [0, 0.1) is 0 Å². The number of hydrogen-bond acceptors (Lipinski definition) is 4. The number of ether oxygens (including phenoxy) is 2. The summed E-state index contributed by atoms with van der Waals surface area (Å²) in [5, 5.41) is 5.80. The number of hydrogen-bond donors (Lipinski definition) is 2. The number of nitrogens with one attached hydrogen (secondary N) is 2. The minimum Gasteiger partial charge on any atom is -0.493 e. The van der Waals surface area contributed by atoms with E-state index in [0.29, 0.717) is 31.9 Å². The van der Waals surface area contributed by atoms with Crippen molar-refractivity contribution in [3.8, 4) is 11.5 Å². The van der Waals surface area contributed by atoms with Gasteiger partial charge in [-0.25, -0.2) is 0 Å². The van der Waals surface area contributed by atoms with E-state index in [0.717, 1.165) is 11.3 Å². The van der Waals surface area contributed by atoms with Gasteiger partial charge < -0.3 is 20.1 Å². The normalized spacial score (nSPS) is 9.55. The van der Waals surface area contributed by atoms with E-state index in [-0.39, 0.29) is 18.3 Å². The zero-order valence-corrected chi connectivity index (χ0v) is 13.0. The van der Waals surface area contributed by atoms with Crippen LogP contribution in [0.1, 0.15) is 18.9 Å². The van der Waals surface area contributed by atoms with E-state index < -0.39 is 0 Å². The molecule has 0 bridgehead atoms. The minimum absolute atomic E-state index is 0. The maximum absolute atomic E-state index is 11.5. The predicted octanol–water partition coefficient (Wildman–Crippen LogP) is 1.74. The summed E-state index contributed by atoms with van der Waals surface area (Å²) in [5.41, 5.74) is 0.984. The third-order valence-corrected chi connectivity index (χ3v) is 2.62. The number of carbonyl (C=O) groups excluding carboxylic acids is 1. The van der Waals surface area contributed by atoms with Crippen molar-refractivity contribution in [3.63, 3.8) is 0 Å². The van der Waals surface area contributed by atoms with Crippen molar-refractivity contribution in [3.05, 3.63) is 23.8 Å². The van der Waals surface area contributed by atoms with Crippen LogP contribution >= 0.6 is 12.4 Å². The second-order valence-electron chi connectivity index (χ2n) is 4.05. The largest absolute Gasteiger partial charge is 0.493 e. The molecule has 0 atom stereocenters. The number of carbonyl (C=O) groups is 1. The number of benzene rings is 1. The van der Waals surface area contributed by atoms with E-state index in [1.807, 2.05) is 32.2 Å². The molecule has 20 heavy (non-hydrogen) atoms. The zero-order valence-electron chi connectivity index (χ0n) is 12.2. The zero-order chi connectivity index (χ0) is 14.1. The van der Waals surface area contributed by atoms with Crippen LogP contribution in [0.15, 0.2) is 18.2 Å². The van der Waals surface area contributed by atoms with Gasteiger partial charge in [-0.05, 0) is 31.7 Å². The van der Waals surface area contributed by atoms with Gasteiger partial charge in [0, 0.05) is 19.5 Å². The molecule has 1 amide bonds. The third kappa shape index (κ3) is 6.12. The van der Waals surface area contributed by atoms with Crippen molar-refractivity contribution in [1.82, 2.24) is 10.6 Å². The molecule has 6 heteroatoms. The summed E-state index contributed by atoms with van der Waals surface area (Å²) in [5.74, 6) is 1.43. The SMILES string of the molecule is CCOc1ccc(CNC(=O)CCNC)cc1OC.Cl. The van der Waals surface area contributed by atoms with Gasteiger partial charge >= 0.3 is 0 Å². The van der Waals surface area contributed by atoms with E-state index in [1.165, 1.54) is 0 Å². The standard InChI is InChI=1S/C14H22N2O3.ClH/c1-4-19-12-6-5-11(9-13(12)18-3)10-16-14(17)7-8-15-2;/h5-6,9,15H,4,7-8,10H2,1-3H3,(H,16,17);1H. The van der Waals surface area contributed by atoms with Gasteiger partial charge in [-0.1, -0.05) is 6.07 Å². The molecule has 0 aromatic heterocycles. The van der Waals surface area contributed by atoms with Crippen LogP contribution in [-0.4, -0.2) is 33.2 Å². The molecule has 0 spiro atoms. The van der Waals surface area contributed by atoms with E-state index in [9.17, 15) is 4.79 Å². The first-order chi connectivity index (χ1) is 9.21. The second-order valence-corrected chi connectivity index (χ2v) is 4.05. The average Bonchev–Trinajstić information content (AvgIpc) is 2.44. The Hall–Kier alpha value is -1.46. The first kappa shape index (κ1) is 18.5. The summed E-state index contributed by atoms with van der Waals surface area (Å²) in [6.07, 6.45) is 0.477. The Bertz CT molecular complexity index is 413. The molecule has 0 fully saturated rings. The lowest BCUT2D eigenvalue weighted by Gasteiger charge is -2.11. The quantitative estimate of drug-likeness (QED) is 0.768. The molecule has 0 radical (unpaired) electrons. The van der Waals surface area contributed by atoms with Crippen molar-refractivity contribution in [1.29, 1.82) is 0 Å². The summed E-state index contributed by atoms with van der Waals surface area (Å²) in [6, 6.07) is 5.66. The Morgan fingerprint density at radius 1 is 1.30 bits per heavy atom. The molecule has 2 N–H and O–H groups in total. The fourth-order valence-corrected chi connectivity index (χ4v) is 1.62. The van der Waals surface area contributed by atoms with Crippen molar-refractivity contribution >= 4 is 18.3 Å². The fraction of sp³-hybridized carbons (Fsp3) is 0.500. The first-order valence-electron chi connectivity index (χ1n) is 6.42. The van der Waals surface area contributed by atoms with Crippen LogP contribution in [0.5, 0.6) is 11.5 Å². The Labute approximate surface area is 126 Å². The lowest BCUT2D eigenvalue weighted by molar-refractivity contribution is -0.121. The number of methoxy groups -OCH3 is 1. The summed E-state index contributed by atoms with van der Waals surface area (Å²) in [6.45, 7) is 3.69. The summed E-state index contributed by atoms with van der Waals surface area (Å²) >= 11 is 0. The molecule has 1 rings (SSSR count). The second kappa shape index (κ2) is 10.3. The van der Waals surface area contributed by atoms with Crippen LogP contribution in [0.3, 0.4) is 0 Å². The monoisotopic (exact) mass is 302 g/mol. The molecule has 0 saturated carbocycles. The van der Waals surface area contributed by atoms with Crippen LogP contribution in [0.4, 0.5) is 0 Å². The molecule has 0 unspecified atom stereocenters. The molecule has 1 aromatic carbocycles. The molecule has 114 valence electrons. The summed E-state index contributed by atoms with van der Waals surface area (Å²) in [7, 11) is 3.43. The number of amides is 1. The molecule has 0 heterocycles. The van der Waals surface area contributed by atoms with E-state index in [1.54, 1.807) is 7.11 Å². The fourth-order valence-electron chi connectivity index (χ4n) is 1.62. The lowest BCUT2D eigenvalue weighted by Crippen LogP contribution is -2.26. The van der Waals surface area contributed by atoms with E-state index >= 15 is 0 Å². The highest BCUT2D eigenvalue weighted by molar-refractivity contribution is 5.85.